The molecule has 5 heteroatoms. The number of nitrogens with zero attached hydrogens (tertiary/aromatic N) is 2. The smallest absolute Gasteiger partial charge is 0.128 e. The first-order chi connectivity index (χ1) is 7.66. The Balaban J connectivity index is 2.06. The summed E-state index contributed by atoms with van der Waals surface area (Å²) < 4.78 is 0. The number of amidine groups is 1. The summed E-state index contributed by atoms with van der Waals surface area (Å²) in [6, 6.07) is 4.32. The summed E-state index contributed by atoms with van der Waals surface area (Å²) in [6.07, 6.45) is 4.63. The number of hydrogen-bond acceptors (Lipinski definition) is 3. The predicted octanol–water partition coefficient (Wildman–Crippen LogP) is 2.03. The lowest BCUT2D eigenvalue weighted by molar-refractivity contribution is 0.782. The summed E-state index contributed by atoms with van der Waals surface area (Å²) in [6.45, 7) is 0.759. The van der Waals surface area contributed by atoms with Crippen LogP contribution in [-0.4, -0.2) is 23.4 Å². The van der Waals surface area contributed by atoms with Crippen molar-refractivity contribution in [1.29, 1.82) is 5.41 Å². The molecule has 2 rings (SSSR count). The highest BCUT2D eigenvalue weighted by Crippen LogP contribution is 2.30. The summed E-state index contributed by atoms with van der Waals surface area (Å²) in [5, 5.41) is 7.90. The van der Waals surface area contributed by atoms with Gasteiger partial charge in [-0.3, -0.25) is 5.41 Å². The lowest BCUT2D eigenvalue weighted by Crippen LogP contribution is -2.30. The zero-order valence-electron chi connectivity index (χ0n) is 8.99. The number of anilines is 1. The molecule has 0 aliphatic heterocycles. The van der Waals surface area contributed by atoms with Crippen molar-refractivity contribution >= 4 is 23.3 Å². The molecule has 4 nitrogen and oxygen atoms in total. The van der Waals surface area contributed by atoms with Crippen LogP contribution in [0.2, 0.25) is 5.02 Å². The molecule has 1 aliphatic carbocycles. The summed E-state index contributed by atoms with van der Waals surface area (Å²) in [7, 11) is 0. The molecule has 1 heterocycles. The maximum absolute atomic E-state index is 7.26. The summed E-state index contributed by atoms with van der Waals surface area (Å²) in [5.41, 5.74) is 5.38. The van der Waals surface area contributed by atoms with Gasteiger partial charge in [0.2, 0.25) is 0 Å². The van der Waals surface area contributed by atoms with E-state index in [0.29, 0.717) is 17.5 Å². The molecule has 0 atom stereocenters. The minimum atomic E-state index is 0.222. The van der Waals surface area contributed by atoms with Gasteiger partial charge in [0.1, 0.15) is 5.82 Å². The quantitative estimate of drug-likeness (QED) is 0.609. The highest BCUT2D eigenvalue weighted by Gasteiger charge is 2.29. The Hall–Kier alpha value is -1.29. The van der Waals surface area contributed by atoms with Crippen molar-refractivity contribution in [3.05, 3.63) is 23.4 Å². The first-order valence-corrected chi connectivity index (χ1v) is 5.75. The Morgan fingerprint density at radius 3 is 2.81 bits per heavy atom. The molecule has 16 heavy (non-hydrogen) atoms. The number of nitrogens with one attached hydrogen (secondary N) is 1. The van der Waals surface area contributed by atoms with Crippen LogP contribution >= 0.6 is 11.6 Å². The second kappa shape index (κ2) is 4.70. The van der Waals surface area contributed by atoms with Crippen LogP contribution in [0.3, 0.4) is 0 Å². The third-order valence-electron chi connectivity index (χ3n) is 2.62. The summed E-state index contributed by atoms with van der Waals surface area (Å²) >= 11 is 5.80. The van der Waals surface area contributed by atoms with Crippen LogP contribution in [0.15, 0.2) is 18.3 Å². The van der Waals surface area contributed by atoms with Crippen molar-refractivity contribution in [2.45, 2.75) is 25.3 Å². The van der Waals surface area contributed by atoms with Crippen molar-refractivity contribution < 1.29 is 0 Å². The Bertz CT molecular complexity index is 372. The van der Waals surface area contributed by atoms with E-state index in [-0.39, 0.29) is 5.84 Å². The Labute approximate surface area is 99.9 Å². The average molecular weight is 239 g/mol. The highest BCUT2D eigenvalue weighted by atomic mass is 35.5. The topological polar surface area (TPSA) is 66.0 Å². The van der Waals surface area contributed by atoms with Gasteiger partial charge in [0.25, 0.3) is 0 Å². The third kappa shape index (κ3) is 2.85. The van der Waals surface area contributed by atoms with Gasteiger partial charge in [0.15, 0.2) is 0 Å². The number of aromatic nitrogens is 1. The number of halogens is 1. The number of rotatable bonds is 5. The molecule has 0 spiro atoms. The molecule has 86 valence electrons. The van der Waals surface area contributed by atoms with E-state index in [1.54, 1.807) is 6.20 Å². The van der Waals surface area contributed by atoms with Gasteiger partial charge in [-0.25, -0.2) is 4.98 Å². The van der Waals surface area contributed by atoms with Gasteiger partial charge in [-0.15, -0.1) is 0 Å². The lowest BCUT2D eigenvalue weighted by Gasteiger charge is -2.23. The average Bonchev–Trinajstić information content (AvgIpc) is 3.04. The molecular weight excluding hydrogens is 224 g/mol. The van der Waals surface area contributed by atoms with Gasteiger partial charge in [0, 0.05) is 25.2 Å². The minimum absolute atomic E-state index is 0.222. The molecule has 1 saturated carbocycles. The molecular formula is C11H15ClN4. The molecule has 0 bridgehead atoms. The van der Waals surface area contributed by atoms with Crippen molar-refractivity contribution in [2.24, 2.45) is 5.73 Å². The van der Waals surface area contributed by atoms with Crippen LogP contribution < -0.4 is 10.6 Å². The highest BCUT2D eigenvalue weighted by molar-refractivity contribution is 6.30. The fourth-order valence-corrected chi connectivity index (χ4v) is 1.76. The fourth-order valence-electron chi connectivity index (χ4n) is 1.65. The van der Waals surface area contributed by atoms with E-state index in [0.717, 1.165) is 12.4 Å². The Morgan fingerprint density at radius 1 is 1.56 bits per heavy atom. The molecule has 1 aromatic rings. The fraction of sp³-hybridized carbons (Fsp3) is 0.455. The van der Waals surface area contributed by atoms with Crippen LogP contribution in [0.5, 0.6) is 0 Å². The first kappa shape index (κ1) is 11.2. The summed E-state index contributed by atoms with van der Waals surface area (Å²) in [4.78, 5) is 6.51. The zero-order valence-corrected chi connectivity index (χ0v) is 9.74. The Kier molecular flexibility index (Phi) is 3.29. The number of hydrogen-bond donors (Lipinski definition) is 2. The van der Waals surface area contributed by atoms with Crippen LogP contribution in [0.1, 0.15) is 19.3 Å². The molecule has 1 fully saturated rings. The van der Waals surface area contributed by atoms with E-state index in [1.165, 1.54) is 12.8 Å². The molecule has 0 amide bonds. The second-order valence-corrected chi connectivity index (χ2v) is 4.47. The van der Waals surface area contributed by atoms with Crippen LogP contribution in [0.25, 0.3) is 0 Å². The molecule has 0 aromatic carbocycles. The van der Waals surface area contributed by atoms with Gasteiger partial charge in [0.05, 0.1) is 10.9 Å². The van der Waals surface area contributed by atoms with Gasteiger partial charge >= 0.3 is 0 Å². The SMILES string of the molecule is N=C(N)CCN(c1ccc(Cl)cn1)C1CC1. The van der Waals surface area contributed by atoms with Crippen molar-refractivity contribution in [2.75, 3.05) is 11.4 Å². The molecule has 1 aliphatic rings. The van der Waals surface area contributed by atoms with E-state index in [4.69, 9.17) is 22.7 Å². The van der Waals surface area contributed by atoms with Gasteiger partial charge in [-0.05, 0) is 25.0 Å². The number of pyridine rings is 1. The maximum atomic E-state index is 7.26. The Morgan fingerprint density at radius 2 is 2.31 bits per heavy atom. The third-order valence-corrected chi connectivity index (χ3v) is 2.84. The second-order valence-electron chi connectivity index (χ2n) is 4.03. The van der Waals surface area contributed by atoms with Crippen molar-refractivity contribution in [3.8, 4) is 0 Å². The maximum Gasteiger partial charge on any atom is 0.128 e. The van der Waals surface area contributed by atoms with Crippen LogP contribution in [0, 0.1) is 5.41 Å². The van der Waals surface area contributed by atoms with Gasteiger partial charge < -0.3 is 10.6 Å². The van der Waals surface area contributed by atoms with E-state index in [9.17, 15) is 0 Å². The molecule has 1 aromatic heterocycles. The van der Waals surface area contributed by atoms with Crippen LogP contribution in [-0.2, 0) is 0 Å². The van der Waals surface area contributed by atoms with Gasteiger partial charge in [-0.2, -0.15) is 0 Å². The van der Waals surface area contributed by atoms with E-state index < -0.39 is 0 Å². The van der Waals surface area contributed by atoms with E-state index in [2.05, 4.69) is 9.88 Å². The normalized spacial score (nSPS) is 14.8. The summed E-state index contributed by atoms with van der Waals surface area (Å²) in [5.74, 6) is 1.15. The van der Waals surface area contributed by atoms with E-state index >= 15 is 0 Å². The molecule has 3 N–H and O–H groups in total. The lowest BCUT2D eigenvalue weighted by atomic mass is 10.3. The van der Waals surface area contributed by atoms with E-state index in [1.807, 2.05) is 12.1 Å². The molecule has 0 saturated heterocycles. The predicted molar refractivity (Wildman–Crippen MR) is 66.1 cm³/mol. The van der Waals surface area contributed by atoms with Crippen molar-refractivity contribution in [3.63, 3.8) is 0 Å². The molecule has 0 radical (unpaired) electrons. The zero-order chi connectivity index (χ0) is 11.5. The van der Waals surface area contributed by atoms with Crippen LogP contribution in [0.4, 0.5) is 5.82 Å². The number of nitrogens with two attached hydrogens (primary N) is 1. The largest absolute Gasteiger partial charge is 0.388 e. The molecule has 0 unspecified atom stereocenters. The first-order valence-electron chi connectivity index (χ1n) is 5.38. The minimum Gasteiger partial charge on any atom is -0.388 e. The van der Waals surface area contributed by atoms with Crippen molar-refractivity contribution in [1.82, 2.24) is 4.98 Å². The monoisotopic (exact) mass is 238 g/mol. The van der Waals surface area contributed by atoms with Gasteiger partial charge in [-0.1, -0.05) is 11.6 Å². The standard InChI is InChI=1S/C11H15ClN4/c12-8-1-4-11(15-7-8)16(9-2-3-9)6-5-10(13)14/h1,4,7,9H,2-3,5-6H2,(H3,13,14).